The molecule has 1 saturated carbocycles. The number of likely N-dealkylation sites (tertiary alicyclic amines) is 1. The van der Waals surface area contributed by atoms with Gasteiger partial charge in [-0.05, 0) is 43.2 Å². The number of fused-ring (bicyclic) bond motifs is 1. The molecule has 1 aromatic heterocycles. The average molecular weight is 326 g/mol. The maximum absolute atomic E-state index is 12.9. The first-order chi connectivity index (χ1) is 11.7. The van der Waals surface area contributed by atoms with Crippen LogP contribution >= 0.6 is 0 Å². The lowest BCUT2D eigenvalue weighted by Crippen LogP contribution is -2.50. The lowest BCUT2D eigenvalue weighted by Gasteiger charge is -2.43. The molecular weight excluding hydrogens is 300 g/mol. The number of carbonyl (C=O) groups is 1. The van der Waals surface area contributed by atoms with Crippen molar-refractivity contribution >= 4 is 16.8 Å². The fraction of sp³-hybridized carbons (Fsp3) is 0.550. The monoisotopic (exact) mass is 326 g/mol. The summed E-state index contributed by atoms with van der Waals surface area (Å²) in [5, 5.41) is 1.19. The standard InChI is InChI=1S/C20H26N2O2/c1-24-18-8-4-10-20(18)11-5-12-22(15-20)19(23)14-21-13-9-16-6-2-3-7-17(16)21/h2-3,6-7,9,13,18H,4-5,8,10-12,14-15H2,1H3/t18-,20-/m1/s1. The summed E-state index contributed by atoms with van der Waals surface area (Å²) in [6.07, 6.45) is 8.20. The number of amides is 1. The molecule has 4 nitrogen and oxygen atoms in total. The third-order valence-electron chi connectivity index (χ3n) is 6.06. The molecule has 0 radical (unpaired) electrons. The van der Waals surface area contributed by atoms with Crippen molar-refractivity contribution in [2.75, 3.05) is 20.2 Å². The van der Waals surface area contributed by atoms with Crippen molar-refractivity contribution in [3.8, 4) is 0 Å². The normalized spacial score (nSPS) is 27.2. The van der Waals surface area contributed by atoms with Gasteiger partial charge in [-0.3, -0.25) is 4.79 Å². The highest BCUT2D eigenvalue weighted by molar-refractivity contribution is 5.83. The highest BCUT2D eigenvalue weighted by atomic mass is 16.5. The SMILES string of the molecule is CO[C@@H]1CCC[C@]12CCCN(C(=O)Cn1ccc3ccccc31)C2. The molecule has 128 valence electrons. The summed E-state index contributed by atoms with van der Waals surface area (Å²) in [4.78, 5) is 15.0. The third kappa shape index (κ3) is 2.63. The molecule has 1 saturated heterocycles. The van der Waals surface area contributed by atoms with E-state index in [1.807, 2.05) is 25.4 Å². The predicted octanol–water partition coefficient (Wildman–Crippen LogP) is 3.45. The van der Waals surface area contributed by atoms with Crippen LogP contribution in [-0.4, -0.2) is 41.7 Å². The Morgan fingerprint density at radius 1 is 1.25 bits per heavy atom. The van der Waals surface area contributed by atoms with E-state index in [1.165, 1.54) is 24.6 Å². The van der Waals surface area contributed by atoms with Crippen molar-refractivity contribution in [3.63, 3.8) is 0 Å². The van der Waals surface area contributed by atoms with Crippen molar-refractivity contribution in [3.05, 3.63) is 36.5 Å². The maximum Gasteiger partial charge on any atom is 0.242 e. The number of hydrogen-bond acceptors (Lipinski definition) is 2. The Balaban J connectivity index is 1.50. The summed E-state index contributed by atoms with van der Waals surface area (Å²) >= 11 is 0. The summed E-state index contributed by atoms with van der Waals surface area (Å²) in [5.41, 5.74) is 1.33. The Labute approximate surface area is 143 Å². The van der Waals surface area contributed by atoms with E-state index in [1.54, 1.807) is 0 Å². The number of ether oxygens (including phenoxy) is 1. The van der Waals surface area contributed by atoms with Crippen LogP contribution < -0.4 is 0 Å². The number of aromatic nitrogens is 1. The first-order valence-corrected chi connectivity index (χ1v) is 9.06. The molecular formula is C20H26N2O2. The van der Waals surface area contributed by atoms with Gasteiger partial charge in [0.05, 0.1) is 6.10 Å². The molecule has 0 bridgehead atoms. The molecule has 1 spiro atoms. The van der Waals surface area contributed by atoms with Crippen LogP contribution in [0.5, 0.6) is 0 Å². The van der Waals surface area contributed by atoms with E-state index in [0.29, 0.717) is 12.6 Å². The van der Waals surface area contributed by atoms with Crippen LogP contribution in [0, 0.1) is 5.41 Å². The summed E-state index contributed by atoms with van der Waals surface area (Å²) in [7, 11) is 1.82. The van der Waals surface area contributed by atoms with Gasteiger partial charge in [-0.15, -0.1) is 0 Å². The third-order valence-corrected chi connectivity index (χ3v) is 6.06. The number of methoxy groups -OCH3 is 1. The van der Waals surface area contributed by atoms with Crippen LogP contribution in [0.15, 0.2) is 36.5 Å². The highest BCUT2D eigenvalue weighted by Crippen LogP contribution is 2.46. The Morgan fingerprint density at radius 3 is 2.96 bits per heavy atom. The summed E-state index contributed by atoms with van der Waals surface area (Å²) in [6, 6.07) is 10.3. The van der Waals surface area contributed by atoms with Gasteiger partial charge in [0.25, 0.3) is 0 Å². The second-order valence-corrected chi connectivity index (χ2v) is 7.40. The molecule has 4 heteroatoms. The Kier molecular flexibility index (Phi) is 4.09. The molecule has 24 heavy (non-hydrogen) atoms. The zero-order valence-electron chi connectivity index (χ0n) is 14.4. The Bertz CT molecular complexity index is 738. The second kappa shape index (κ2) is 6.25. The van der Waals surface area contributed by atoms with Crippen LogP contribution in [-0.2, 0) is 16.1 Å². The average Bonchev–Trinajstić information content (AvgIpc) is 3.19. The summed E-state index contributed by atoms with van der Waals surface area (Å²) in [5.74, 6) is 0.234. The zero-order chi connectivity index (χ0) is 16.6. The number of hydrogen-bond donors (Lipinski definition) is 0. The van der Waals surface area contributed by atoms with Crippen molar-refractivity contribution in [1.82, 2.24) is 9.47 Å². The van der Waals surface area contributed by atoms with Gasteiger partial charge in [0.2, 0.25) is 5.91 Å². The van der Waals surface area contributed by atoms with E-state index in [0.717, 1.165) is 31.4 Å². The highest BCUT2D eigenvalue weighted by Gasteiger charge is 2.46. The fourth-order valence-electron chi connectivity index (χ4n) is 4.84. The Morgan fingerprint density at radius 2 is 2.08 bits per heavy atom. The molecule has 1 aliphatic carbocycles. The zero-order valence-corrected chi connectivity index (χ0v) is 14.4. The first kappa shape index (κ1) is 15.7. The molecule has 0 unspecified atom stereocenters. The molecule has 0 N–H and O–H groups in total. The van der Waals surface area contributed by atoms with E-state index >= 15 is 0 Å². The minimum Gasteiger partial charge on any atom is -0.381 e. The topological polar surface area (TPSA) is 34.5 Å². The van der Waals surface area contributed by atoms with Gasteiger partial charge in [0.1, 0.15) is 6.54 Å². The van der Waals surface area contributed by atoms with Crippen LogP contribution in [0.25, 0.3) is 10.9 Å². The smallest absolute Gasteiger partial charge is 0.242 e. The molecule has 1 amide bonds. The number of nitrogens with zero attached hydrogens (tertiary/aromatic N) is 2. The minimum atomic E-state index is 0.196. The second-order valence-electron chi connectivity index (χ2n) is 7.40. The molecule has 2 fully saturated rings. The number of carbonyl (C=O) groups excluding carboxylic acids is 1. The van der Waals surface area contributed by atoms with E-state index in [9.17, 15) is 4.79 Å². The van der Waals surface area contributed by atoms with Gasteiger partial charge in [-0.25, -0.2) is 0 Å². The van der Waals surface area contributed by atoms with E-state index in [4.69, 9.17) is 4.74 Å². The molecule has 2 atom stereocenters. The van der Waals surface area contributed by atoms with Gasteiger partial charge in [-0.2, -0.15) is 0 Å². The van der Waals surface area contributed by atoms with E-state index < -0.39 is 0 Å². The van der Waals surface area contributed by atoms with E-state index in [2.05, 4.69) is 27.7 Å². The number of benzene rings is 1. The van der Waals surface area contributed by atoms with Crippen LogP contribution in [0.3, 0.4) is 0 Å². The summed E-state index contributed by atoms with van der Waals surface area (Å²) < 4.78 is 7.82. The lowest BCUT2D eigenvalue weighted by atomic mass is 9.76. The van der Waals surface area contributed by atoms with Gasteiger partial charge in [0, 0.05) is 37.3 Å². The fourth-order valence-corrected chi connectivity index (χ4v) is 4.84. The molecule has 2 aliphatic rings. The van der Waals surface area contributed by atoms with Gasteiger partial charge in [0.15, 0.2) is 0 Å². The van der Waals surface area contributed by atoms with E-state index in [-0.39, 0.29) is 11.3 Å². The first-order valence-electron chi connectivity index (χ1n) is 9.06. The largest absolute Gasteiger partial charge is 0.381 e. The number of rotatable bonds is 3. The molecule has 2 heterocycles. The van der Waals surface area contributed by atoms with Gasteiger partial charge < -0.3 is 14.2 Å². The number of para-hydroxylation sites is 1. The molecule has 2 aromatic rings. The van der Waals surface area contributed by atoms with Crippen LogP contribution in [0.2, 0.25) is 0 Å². The predicted molar refractivity (Wildman–Crippen MR) is 94.8 cm³/mol. The Hall–Kier alpha value is -1.81. The van der Waals surface area contributed by atoms with Crippen molar-refractivity contribution in [2.45, 2.75) is 44.8 Å². The molecule has 1 aliphatic heterocycles. The van der Waals surface area contributed by atoms with Crippen molar-refractivity contribution < 1.29 is 9.53 Å². The quantitative estimate of drug-likeness (QED) is 0.866. The van der Waals surface area contributed by atoms with Crippen molar-refractivity contribution in [2.24, 2.45) is 5.41 Å². The van der Waals surface area contributed by atoms with Gasteiger partial charge in [-0.1, -0.05) is 24.6 Å². The molecule has 4 rings (SSSR count). The number of piperidine rings is 1. The van der Waals surface area contributed by atoms with Crippen molar-refractivity contribution in [1.29, 1.82) is 0 Å². The summed E-state index contributed by atoms with van der Waals surface area (Å²) in [6.45, 7) is 2.18. The minimum absolute atomic E-state index is 0.196. The van der Waals surface area contributed by atoms with Crippen LogP contribution in [0.1, 0.15) is 32.1 Å². The lowest BCUT2D eigenvalue weighted by molar-refractivity contribution is -0.137. The molecule has 1 aromatic carbocycles. The van der Waals surface area contributed by atoms with Gasteiger partial charge >= 0.3 is 0 Å². The maximum atomic E-state index is 12.9. The van der Waals surface area contributed by atoms with Crippen LogP contribution in [0.4, 0.5) is 0 Å².